The monoisotopic (exact) mass is 192 g/mol. The first-order chi connectivity index (χ1) is 6.77. The van der Waals surface area contributed by atoms with Crippen LogP contribution >= 0.6 is 0 Å². The predicted molar refractivity (Wildman–Crippen MR) is 56.1 cm³/mol. The lowest BCUT2D eigenvalue weighted by Crippen LogP contribution is -2.10. The Balaban J connectivity index is 2.61. The zero-order valence-electron chi connectivity index (χ0n) is 8.44. The SMILES string of the molecule is CCCC[C@H](N)c1ccc(C=O)nc1. The number of nitrogens with two attached hydrogens (primary N) is 1. The first-order valence-corrected chi connectivity index (χ1v) is 4.94. The standard InChI is InChI=1S/C11H16N2O/c1-2-3-4-11(12)9-5-6-10(8-14)13-7-9/h5-8,11H,2-4,12H2,1H3/t11-/m0/s1. The van der Waals surface area contributed by atoms with Crippen LogP contribution in [0.2, 0.25) is 0 Å². The molecule has 14 heavy (non-hydrogen) atoms. The highest BCUT2D eigenvalue weighted by Crippen LogP contribution is 2.15. The molecule has 0 saturated heterocycles. The Morgan fingerprint density at radius 3 is 2.86 bits per heavy atom. The molecule has 0 aromatic carbocycles. The summed E-state index contributed by atoms with van der Waals surface area (Å²) in [6.45, 7) is 2.14. The minimum Gasteiger partial charge on any atom is -0.324 e. The first kappa shape index (κ1) is 10.9. The molecule has 0 aliphatic carbocycles. The van der Waals surface area contributed by atoms with Gasteiger partial charge in [-0.1, -0.05) is 25.8 Å². The van der Waals surface area contributed by atoms with Crippen LogP contribution in [0, 0.1) is 0 Å². The number of unbranched alkanes of at least 4 members (excludes halogenated alkanes) is 1. The van der Waals surface area contributed by atoms with Crippen molar-refractivity contribution < 1.29 is 4.79 Å². The average molecular weight is 192 g/mol. The molecule has 1 aromatic heterocycles. The first-order valence-electron chi connectivity index (χ1n) is 4.94. The van der Waals surface area contributed by atoms with Crippen LogP contribution in [0.25, 0.3) is 0 Å². The molecule has 0 bridgehead atoms. The summed E-state index contributed by atoms with van der Waals surface area (Å²) in [4.78, 5) is 14.3. The van der Waals surface area contributed by atoms with E-state index in [2.05, 4.69) is 11.9 Å². The van der Waals surface area contributed by atoms with E-state index in [0.717, 1.165) is 31.1 Å². The lowest BCUT2D eigenvalue weighted by molar-refractivity contribution is 0.111. The smallest absolute Gasteiger partial charge is 0.168 e. The lowest BCUT2D eigenvalue weighted by Gasteiger charge is -2.10. The molecule has 0 fully saturated rings. The Bertz CT molecular complexity index is 282. The van der Waals surface area contributed by atoms with E-state index in [4.69, 9.17) is 5.73 Å². The Hall–Kier alpha value is -1.22. The zero-order chi connectivity index (χ0) is 10.4. The average Bonchev–Trinajstić information content (AvgIpc) is 2.26. The van der Waals surface area contributed by atoms with Gasteiger partial charge in [0.25, 0.3) is 0 Å². The maximum Gasteiger partial charge on any atom is 0.168 e. The highest BCUT2D eigenvalue weighted by molar-refractivity contribution is 5.71. The maximum atomic E-state index is 10.4. The molecule has 1 rings (SSSR count). The van der Waals surface area contributed by atoms with Crippen LogP contribution in [0.5, 0.6) is 0 Å². The van der Waals surface area contributed by atoms with Gasteiger partial charge in [-0.15, -0.1) is 0 Å². The number of nitrogens with zero attached hydrogens (tertiary/aromatic N) is 1. The topological polar surface area (TPSA) is 56.0 Å². The molecule has 0 spiro atoms. The van der Waals surface area contributed by atoms with Crippen molar-refractivity contribution >= 4 is 6.29 Å². The Labute approximate surface area is 84.3 Å². The molecule has 1 atom stereocenters. The van der Waals surface area contributed by atoms with Gasteiger partial charge in [-0.3, -0.25) is 9.78 Å². The van der Waals surface area contributed by atoms with E-state index in [0.29, 0.717) is 5.69 Å². The molecule has 0 aliphatic heterocycles. The lowest BCUT2D eigenvalue weighted by atomic mass is 10.0. The molecule has 0 aliphatic rings. The van der Waals surface area contributed by atoms with Crippen LogP contribution in [0.3, 0.4) is 0 Å². The van der Waals surface area contributed by atoms with Gasteiger partial charge in [-0.25, -0.2) is 0 Å². The van der Waals surface area contributed by atoms with Crippen LogP contribution < -0.4 is 5.73 Å². The minimum absolute atomic E-state index is 0.0446. The Morgan fingerprint density at radius 1 is 1.57 bits per heavy atom. The van der Waals surface area contributed by atoms with Crippen LogP contribution in [0.1, 0.15) is 48.3 Å². The molecule has 3 heteroatoms. The van der Waals surface area contributed by atoms with Crippen molar-refractivity contribution in [1.82, 2.24) is 4.98 Å². The number of rotatable bonds is 5. The van der Waals surface area contributed by atoms with Crippen molar-refractivity contribution in [3.8, 4) is 0 Å². The fourth-order valence-electron chi connectivity index (χ4n) is 1.30. The summed E-state index contributed by atoms with van der Waals surface area (Å²) in [5.41, 5.74) is 7.40. The zero-order valence-corrected chi connectivity index (χ0v) is 8.44. The van der Waals surface area contributed by atoms with E-state index in [1.54, 1.807) is 12.3 Å². The van der Waals surface area contributed by atoms with Gasteiger partial charge in [-0.05, 0) is 18.1 Å². The van der Waals surface area contributed by atoms with Gasteiger partial charge in [0.05, 0.1) is 0 Å². The molecule has 2 N–H and O–H groups in total. The number of pyridine rings is 1. The third-order valence-electron chi connectivity index (χ3n) is 2.23. The molecule has 0 unspecified atom stereocenters. The number of hydrogen-bond acceptors (Lipinski definition) is 3. The van der Waals surface area contributed by atoms with E-state index in [1.165, 1.54) is 0 Å². The van der Waals surface area contributed by atoms with Gasteiger partial charge in [0.15, 0.2) is 6.29 Å². The third kappa shape index (κ3) is 2.92. The molecular weight excluding hydrogens is 176 g/mol. The largest absolute Gasteiger partial charge is 0.324 e. The molecule has 0 saturated carbocycles. The normalized spacial score (nSPS) is 12.4. The second-order valence-corrected chi connectivity index (χ2v) is 3.38. The molecule has 0 radical (unpaired) electrons. The van der Waals surface area contributed by atoms with Gasteiger partial charge < -0.3 is 5.73 Å². The molecule has 3 nitrogen and oxygen atoms in total. The predicted octanol–water partition coefficient (Wildman–Crippen LogP) is 2.08. The molecular formula is C11H16N2O. The van der Waals surface area contributed by atoms with Crippen molar-refractivity contribution in [3.63, 3.8) is 0 Å². The van der Waals surface area contributed by atoms with E-state index >= 15 is 0 Å². The number of aromatic nitrogens is 1. The summed E-state index contributed by atoms with van der Waals surface area (Å²) < 4.78 is 0. The summed E-state index contributed by atoms with van der Waals surface area (Å²) in [7, 11) is 0. The minimum atomic E-state index is 0.0446. The molecule has 76 valence electrons. The summed E-state index contributed by atoms with van der Waals surface area (Å²) >= 11 is 0. The fraction of sp³-hybridized carbons (Fsp3) is 0.455. The van der Waals surface area contributed by atoms with Crippen molar-refractivity contribution in [1.29, 1.82) is 0 Å². The highest BCUT2D eigenvalue weighted by Gasteiger charge is 2.05. The molecule has 1 aromatic rings. The van der Waals surface area contributed by atoms with Gasteiger partial charge in [-0.2, -0.15) is 0 Å². The number of carbonyl (C=O) groups excluding carboxylic acids is 1. The second-order valence-electron chi connectivity index (χ2n) is 3.38. The van der Waals surface area contributed by atoms with E-state index in [9.17, 15) is 4.79 Å². The quantitative estimate of drug-likeness (QED) is 0.727. The second kappa shape index (κ2) is 5.50. The fourth-order valence-corrected chi connectivity index (χ4v) is 1.30. The highest BCUT2D eigenvalue weighted by atomic mass is 16.1. The maximum absolute atomic E-state index is 10.4. The van der Waals surface area contributed by atoms with Crippen molar-refractivity contribution in [2.24, 2.45) is 5.73 Å². The van der Waals surface area contributed by atoms with Gasteiger partial charge in [0, 0.05) is 12.2 Å². The van der Waals surface area contributed by atoms with Crippen LogP contribution in [-0.2, 0) is 0 Å². The summed E-state index contributed by atoms with van der Waals surface area (Å²) in [5, 5.41) is 0. The van der Waals surface area contributed by atoms with E-state index in [1.807, 2.05) is 6.07 Å². The number of carbonyl (C=O) groups is 1. The van der Waals surface area contributed by atoms with Crippen LogP contribution in [0.4, 0.5) is 0 Å². The van der Waals surface area contributed by atoms with Crippen LogP contribution in [-0.4, -0.2) is 11.3 Å². The summed E-state index contributed by atoms with van der Waals surface area (Å²) in [5.74, 6) is 0. The summed E-state index contributed by atoms with van der Waals surface area (Å²) in [6, 6.07) is 3.62. The van der Waals surface area contributed by atoms with Gasteiger partial charge in [0.2, 0.25) is 0 Å². The van der Waals surface area contributed by atoms with Gasteiger partial charge >= 0.3 is 0 Å². The number of hydrogen-bond donors (Lipinski definition) is 1. The van der Waals surface area contributed by atoms with E-state index < -0.39 is 0 Å². The van der Waals surface area contributed by atoms with Crippen molar-refractivity contribution in [3.05, 3.63) is 29.6 Å². The van der Waals surface area contributed by atoms with Crippen molar-refractivity contribution in [2.45, 2.75) is 32.2 Å². The molecule has 0 amide bonds. The van der Waals surface area contributed by atoms with Gasteiger partial charge in [0.1, 0.15) is 5.69 Å². The Morgan fingerprint density at radius 2 is 2.36 bits per heavy atom. The van der Waals surface area contributed by atoms with Crippen molar-refractivity contribution in [2.75, 3.05) is 0 Å². The number of aldehydes is 1. The third-order valence-corrected chi connectivity index (χ3v) is 2.23. The van der Waals surface area contributed by atoms with E-state index in [-0.39, 0.29) is 6.04 Å². The van der Waals surface area contributed by atoms with Crippen LogP contribution in [0.15, 0.2) is 18.3 Å². The molecule has 1 heterocycles. The summed E-state index contributed by atoms with van der Waals surface area (Å²) in [6.07, 6.45) is 5.66. The Kier molecular flexibility index (Phi) is 4.26.